The van der Waals surface area contributed by atoms with E-state index < -0.39 is 5.92 Å². The van der Waals surface area contributed by atoms with E-state index in [1.54, 1.807) is 4.68 Å². The Labute approximate surface area is 157 Å². The number of aromatic nitrogens is 3. The highest BCUT2D eigenvalue weighted by molar-refractivity contribution is 5.58. The van der Waals surface area contributed by atoms with E-state index in [1.807, 2.05) is 31.3 Å². The molecular formula is C19H25F2N5O. The zero-order chi connectivity index (χ0) is 18.9. The SMILES string of the molecule is Cc1ccn(-c2cc(NC3CCC(F)(F)CC3)cc(N3CCOCC3)n2)n1. The molecule has 0 unspecified atom stereocenters. The summed E-state index contributed by atoms with van der Waals surface area (Å²) in [5, 5.41) is 7.90. The monoisotopic (exact) mass is 377 g/mol. The Morgan fingerprint density at radius 3 is 2.52 bits per heavy atom. The van der Waals surface area contributed by atoms with E-state index in [-0.39, 0.29) is 18.9 Å². The average Bonchev–Trinajstić information content (AvgIpc) is 3.10. The fourth-order valence-electron chi connectivity index (χ4n) is 3.62. The topological polar surface area (TPSA) is 55.2 Å². The smallest absolute Gasteiger partial charge is 0.248 e. The Hall–Kier alpha value is -2.22. The fourth-order valence-corrected chi connectivity index (χ4v) is 3.62. The van der Waals surface area contributed by atoms with Gasteiger partial charge < -0.3 is 15.0 Å². The molecule has 8 heteroatoms. The lowest BCUT2D eigenvalue weighted by atomic mass is 9.92. The number of pyridine rings is 1. The summed E-state index contributed by atoms with van der Waals surface area (Å²) in [6.45, 7) is 4.84. The van der Waals surface area contributed by atoms with Gasteiger partial charge in [-0.3, -0.25) is 0 Å². The first kappa shape index (κ1) is 18.2. The van der Waals surface area contributed by atoms with E-state index in [0.717, 1.165) is 36.1 Å². The third kappa shape index (κ3) is 4.37. The molecule has 0 atom stereocenters. The van der Waals surface area contributed by atoms with Crippen molar-refractivity contribution in [3.8, 4) is 5.82 Å². The molecular weight excluding hydrogens is 352 g/mol. The fraction of sp³-hybridized carbons (Fsp3) is 0.579. The highest BCUT2D eigenvalue weighted by Crippen LogP contribution is 2.34. The molecule has 4 rings (SSSR count). The number of nitrogens with zero attached hydrogens (tertiary/aromatic N) is 4. The van der Waals surface area contributed by atoms with Crippen LogP contribution in [0.5, 0.6) is 0 Å². The van der Waals surface area contributed by atoms with Crippen LogP contribution >= 0.6 is 0 Å². The molecule has 0 aromatic carbocycles. The average molecular weight is 377 g/mol. The van der Waals surface area contributed by atoms with Crippen molar-refractivity contribution < 1.29 is 13.5 Å². The summed E-state index contributed by atoms with van der Waals surface area (Å²) in [5.74, 6) is -0.948. The van der Waals surface area contributed by atoms with Crippen LogP contribution in [0.4, 0.5) is 20.3 Å². The molecule has 3 heterocycles. The lowest BCUT2D eigenvalue weighted by Crippen LogP contribution is -2.37. The molecule has 2 aliphatic rings. The van der Waals surface area contributed by atoms with E-state index in [2.05, 4.69) is 15.3 Å². The first-order valence-corrected chi connectivity index (χ1v) is 9.50. The van der Waals surface area contributed by atoms with Gasteiger partial charge in [0.05, 0.1) is 18.9 Å². The molecule has 0 bridgehead atoms. The minimum Gasteiger partial charge on any atom is -0.382 e. The van der Waals surface area contributed by atoms with Gasteiger partial charge in [0.1, 0.15) is 5.82 Å². The van der Waals surface area contributed by atoms with Crippen molar-refractivity contribution in [2.45, 2.75) is 44.6 Å². The number of morpholine rings is 1. The van der Waals surface area contributed by atoms with Gasteiger partial charge >= 0.3 is 0 Å². The maximum absolute atomic E-state index is 13.4. The van der Waals surface area contributed by atoms with Gasteiger partial charge in [0, 0.05) is 56.0 Å². The number of halogens is 2. The van der Waals surface area contributed by atoms with Crippen LogP contribution in [-0.4, -0.2) is 53.0 Å². The molecule has 2 aromatic heterocycles. The number of nitrogens with one attached hydrogen (secondary N) is 1. The van der Waals surface area contributed by atoms with E-state index in [4.69, 9.17) is 9.72 Å². The number of anilines is 2. The minimum atomic E-state index is -2.52. The summed E-state index contributed by atoms with van der Waals surface area (Å²) in [6.07, 6.45) is 2.71. The number of hydrogen-bond donors (Lipinski definition) is 1. The highest BCUT2D eigenvalue weighted by atomic mass is 19.3. The van der Waals surface area contributed by atoms with E-state index in [1.165, 1.54) is 0 Å². The molecule has 1 saturated carbocycles. The Morgan fingerprint density at radius 2 is 1.85 bits per heavy atom. The first-order chi connectivity index (χ1) is 13.0. The van der Waals surface area contributed by atoms with Crippen molar-refractivity contribution >= 4 is 11.5 Å². The number of aryl methyl sites for hydroxylation is 1. The molecule has 6 nitrogen and oxygen atoms in total. The van der Waals surface area contributed by atoms with Crippen molar-refractivity contribution in [2.24, 2.45) is 0 Å². The van der Waals surface area contributed by atoms with Crippen LogP contribution in [0.3, 0.4) is 0 Å². The minimum absolute atomic E-state index is 0.0526. The summed E-state index contributed by atoms with van der Waals surface area (Å²) < 4.78 is 34.1. The number of hydrogen-bond acceptors (Lipinski definition) is 5. The van der Waals surface area contributed by atoms with E-state index >= 15 is 0 Å². The van der Waals surface area contributed by atoms with Gasteiger partial charge in [-0.25, -0.2) is 18.4 Å². The summed E-state index contributed by atoms with van der Waals surface area (Å²) in [6, 6.07) is 5.91. The van der Waals surface area contributed by atoms with Crippen LogP contribution in [-0.2, 0) is 4.74 Å². The van der Waals surface area contributed by atoms with Gasteiger partial charge in [-0.15, -0.1) is 0 Å². The third-order valence-electron chi connectivity index (χ3n) is 5.18. The largest absolute Gasteiger partial charge is 0.382 e. The maximum Gasteiger partial charge on any atom is 0.248 e. The Kier molecular flexibility index (Phi) is 4.99. The van der Waals surface area contributed by atoms with Gasteiger partial charge in [-0.05, 0) is 25.8 Å². The standard InChI is InChI=1S/C19H25F2N5O/c1-14-4-7-26(24-14)18-13-16(22-15-2-5-19(20,21)6-3-15)12-17(23-18)25-8-10-27-11-9-25/h4,7,12-13,15H,2-3,5-6,8-11H2,1H3,(H,22,23). The maximum atomic E-state index is 13.4. The van der Waals surface area contributed by atoms with Crippen LogP contribution in [0.2, 0.25) is 0 Å². The van der Waals surface area contributed by atoms with Crippen molar-refractivity contribution in [3.05, 3.63) is 30.1 Å². The summed E-state index contributed by atoms with van der Waals surface area (Å²) >= 11 is 0. The molecule has 2 aromatic rings. The molecule has 1 saturated heterocycles. The lowest BCUT2D eigenvalue weighted by molar-refractivity contribution is -0.0360. The predicted molar refractivity (Wildman–Crippen MR) is 100.0 cm³/mol. The number of ether oxygens (including phenoxy) is 1. The van der Waals surface area contributed by atoms with Crippen LogP contribution < -0.4 is 10.2 Å². The molecule has 1 aliphatic carbocycles. The molecule has 2 fully saturated rings. The molecule has 0 amide bonds. The van der Waals surface area contributed by atoms with E-state index in [9.17, 15) is 8.78 Å². The van der Waals surface area contributed by atoms with Crippen molar-refractivity contribution in [3.63, 3.8) is 0 Å². The zero-order valence-corrected chi connectivity index (χ0v) is 15.5. The number of rotatable bonds is 4. The summed E-state index contributed by atoms with van der Waals surface area (Å²) in [4.78, 5) is 6.95. The second-order valence-electron chi connectivity index (χ2n) is 7.35. The second kappa shape index (κ2) is 7.42. The van der Waals surface area contributed by atoms with Gasteiger partial charge in [-0.1, -0.05) is 0 Å². The lowest BCUT2D eigenvalue weighted by Gasteiger charge is -2.31. The molecule has 27 heavy (non-hydrogen) atoms. The van der Waals surface area contributed by atoms with Crippen LogP contribution in [0.15, 0.2) is 24.4 Å². The van der Waals surface area contributed by atoms with Crippen LogP contribution in [0.25, 0.3) is 5.82 Å². The van der Waals surface area contributed by atoms with Gasteiger partial charge in [0.15, 0.2) is 5.82 Å². The predicted octanol–water partition coefficient (Wildman–Crippen LogP) is 3.40. The normalized spacial score (nSPS) is 20.6. The molecule has 0 radical (unpaired) electrons. The van der Waals surface area contributed by atoms with Crippen molar-refractivity contribution in [2.75, 3.05) is 36.5 Å². The van der Waals surface area contributed by atoms with Crippen LogP contribution in [0, 0.1) is 6.92 Å². The third-order valence-corrected chi connectivity index (χ3v) is 5.18. The van der Waals surface area contributed by atoms with Gasteiger partial charge in [0.2, 0.25) is 5.92 Å². The molecule has 1 N–H and O–H groups in total. The van der Waals surface area contributed by atoms with Gasteiger partial charge in [-0.2, -0.15) is 5.10 Å². The Bertz CT molecular complexity index is 778. The molecule has 1 aliphatic heterocycles. The quantitative estimate of drug-likeness (QED) is 0.885. The Morgan fingerprint density at radius 1 is 1.15 bits per heavy atom. The number of alkyl halides is 2. The molecule has 0 spiro atoms. The van der Waals surface area contributed by atoms with E-state index in [0.29, 0.717) is 26.1 Å². The van der Waals surface area contributed by atoms with Gasteiger partial charge in [0.25, 0.3) is 0 Å². The summed E-state index contributed by atoms with van der Waals surface area (Å²) in [5.41, 5.74) is 1.81. The Balaban J connectivity index is 1.59. The highest BCUT2D eigenvalue weighted by Gasteiger charge is 2.34. The summed E-state index contributed by atoms with van der Waals surface area (Å²) in [7, 11) is 0. The molecule has 146 valence electrons. The van der Waals surface area contributed by atoms with Crippen LogP contribution in [0.1, 0.15) is 31.4 Å². The van der Waals surface area contributed by atoms with Crippen molar-refractivity contribution in [1.82, 2.24) is 14.8 Å². The second-order valence-corrected chi connectivity index (χ2v) is 7.35. The van der Waals surface area contributed by atoms with Crippen molar-refractivity contribution in [1.29, 1.82) is 0 Å². The zero-order valence-electron chi connectivity index (χ0n) is 15.5. The first-order valence-electron chi connectivity index (χ1n) is 9.50.